The number of hydrogen-bond donors (Lipinski definition) is 2. The Labute approximate surface area is 178 Å². The third-order valence-electron chi connectivity index (χ3n) is 6.53. The molecule has 1 atom stereocenters. The van der Waals surface area contributed by atoms with Gasteiger partial charge in [-0.2, -0.15) is 0 Å². The number of fused-ring (bicyclic) bond motifs is 2. The van der Waals surface area contributed by atoms with Crippen LogP contribution in [0.4, 0.5) is 5.69 Å². The Bertz CT molecular complexity index is 998. The molecular formula is C25H29N3O2. The maximum Gasteiger partial charge on any atom is 0.260 e. The van der Waals surface area contributed by atoms with Crippen LogP contribution in [0.15, 0.2) is 42.5 Å². The summed E-state index contributed by atoms with van der Waals surface area (Å²) < 4.78 is 6.00. The van der Waals surface area contributed by atoms with Crippen LogP contribution in [-0.4, -0.2) is 36.5 Å². The van der Waals surface area contributed by atoms with E-state index in [0.717, 1.165) is 42.0 Å². The Morgan fingerprint density at radius 2 is 2.07 bits per heavy atom. The number of likely N-dealkylation sites (tertiary alicyclic amines) is 1. The summed E-state index contributed by atoms with van der Waals surface area (Å²) in [6.07, 6.45) is 4.02. The van der Waals surface area contributed by atoms with Crippen molar-refractivity contribution in [1.82, 2.24) is 10.2 Å². The van der Waals surface area contributed by atoms with Crippen molar-refractivity contribution in [2.24, 2.45) is 0 Å². The van der Waals surface area contributed by atoms with Crippen molar-refractivity contribution in [2.45, 2.75) is 45.4 Å². The number of anilines is 1. The first-order valence-corrected chi connectivity index (χ1v) is 11.1. The highest BCUT2D eigenvalue weighted by Gasteiger charge is 2.32. The van der Waals surface area contributed by atoms with Crippen molar-refractivity contribution >= 4 is 22.9 Å². The second kappa shape index (κ2) is 8.25. The molecule has 2 aromatic rings. The Hall–Kier alpha value is -2.63. The summed E-state index contributed by atoms with van der Waals surface area (Å²) in [5.41, 5.74) is 5.85. The molecule has 0 saturated carbocycles. The van der Waals surface area contributed by atoms with Gasteiger partial charge in [-0.1, -0.05) is 42.8 Å². The number of amides is 1. The van der Waals surface area contributed by atoms with E-state index in [9.17, 15) is 4.79 Å². The molecule has 1 fully saturated rings. The first-order chi connectivity index (χ1) is 14.7. The Morgan fingerprint density at radius 1 is 1.17 bits per heavy atom. The molecule has 5 nitrogen and oxygen atoms in total. The van der Waals surface area contributed by atoms with Gasteiger partial charge in [-0.15, -0.1) is 0 Å². The van der Waals surface area contributed by atoms with Crippen LogP contribution in [0.1, 0.15) is 48.4 Å². The average molecular weight is 404 g/mol. The molecule has 30 heavy (non-hydrogen) atoms. The number of nitrogens with one attached hydrogen (secondary N) is 2. The number of nitrogens with zero attached hydrogens (tertiary/aromatic N) is 1. The third kappa shape index (κ3) is 3.64. The standard InChI is InChI=1S/C25H29N3O2/c1-17-6-4-5-12-28(17)13-11-26-15-18-9-10-20-19(14-18)16-30-24(20)23-21-7-2-3-8-22(21)27-25(23)29/h2-3,7-10,14,17,26H,4-6,11-13,15-16H2,1H3,(H,27,29). The lowest BCUT2D eigenvalue weighted by atomic mass is 9.99. The van der Waals surface area contributed by atoms with E-state index >= 15 is 0 Å². The zero-order chi connectivity index (χ0) is 20.5. The lowest BCUT2D eigenvalue weighted by Crippen LogP contribution is -2.41. The maximum absolute atomic E-state index is 12.6. The highest BCUT2D eigenvalue weighted by atomic mass is 16.5. The van der Waals surface area contributed by atoms with Gasteiger partial charge in [0.25, 0.3) is 5.91 Å². The molecule has 0 spiro atoms. The van der Waals surface area contributed by atoms with Crippen LogP contribution >= 0.6 is 0 Å². The second-order valence-corrected chi connectivity index (χ2v) is 8.54. The average Bonchev–Trinajstić information content (AvgIpc) is 3.31. The second-order valence-electron chi connectivity index (χ2n) is 8.54. The van der Waals surface area contributed by atoms with Gasteiger partial charge in [0.1, 0.15) is 12.4 Å². The first kappa shape index (κ1) is 19.3. The normalized spacial score (nSPS) is 23.1. The van der Waals surface area contributed by atoms with Crippen LogP contribution in [0.5, 0.6) is 0 Å². The van der Waals surface area contributed by atoms with E-state index in [1.807, 2.05) is 24.3 Å². The number of carbonyl (C=O) groups is 1. The largest absolute Gasteiger partial charge is 0.487 e. The molecule has 0 aromatic heterocycles. The van der Waals surface area contributed by atoms with Gasteiger partial charge in [-0.05, 0) is 37.9 Å². The van der Waals surface area contributed by atoms with E-state index in [4.69, 9.17) is 4.74 Å². The number of benzene rings is 2. The summed E-state index contributed by atoms with van der Waals surface area (Å²) >= 11 is 0. The van der Waals surface area contributed by atoms with E-state index in [0.29, 0.717) is 24.0 Å². The Morgan fingerprint density at radius 3 is 2.97 bits per heavy atom. The van der Waals surface area contributed by atoms with Crippen molar-refractivity contribution < 1.29 is 9.53 Å². The highest BCUT2D eigenvalue weighted by Crippen LogP contribution is 2.41. The molecule has 1 unspecified atom stereocenters. The van der Waals surface area contributed by atoms with Crippen molar-refractivity contribution in [3.05, 3.63) is 64.7 Å². The molecule has 3 heterocycles. The van der Waals surface area contributed by atoms with Gasteiger partial charge in [0, 0.05) is 48.1 Å². The molecule has 5 heteroatoms. The molecular weight excluding hydrogens is 374 g/mol. The van der Waals surface area contributed by atoms with E-state index in [1.54, 1.807) is 0 Å². The first-order valence-electron chi connectivity index (χ1n) is 11.1. The van der Waals surface area contributed by atoms with Gasteiger partial charge in [0.05, 0.1) is 5.57 Å². The molecule has 0 bridgehead atoms. The van der Waals surface area contributed by atoms with Crippen LogP contribution in [-0.2, 0) is 22.7 Å². The van der Waals surface area contributed by atoms with Crippen LogP contribution in [0.3, 0.4) is 0 Å². The van der Waals surface area contributed by atoms with Gasteiger partial charge in [0.15, 0.2) is 0 Å². The van der Waals surface area contributed by atoms with Crippen LogP contribution in [0.25, 0.3) is 11.3 Å². The summed E-state index contributed by atoms with van der Waals surface area (Å²) in [7, 11) is 0. The molecule has 0 radical (unpaired) electrons. The number of ether oxygens (including phenoxy) is 1. The SMILES string of the molecule is CC1CCCCN1CCNCc1ccc2c(c1)COC2=C1C(=O)Nc2ccccc21. The number of rotatable bonds is 5. The number of carbonyl (C=O) groups excluding carboxylic acids is 1. The molecule has 1 saturated heterocycles. The summed E-state index contributed by atoms with van der Waals surface area (Å²) in [6, 6.07) is 14.9. The van der Waals surface area contributed by atoms with Gasteiger partial charge in [0.2, 0.25) is 0 Å². The fraction of sp³-hybridized carbons (Fsp3) is 0.400. The van der Waals surface area contributed by atoms with Crippen LogP contribution in [0.2, 0.25) is 0 Å². The molecule has 3 aliphatic rings. The number of hydrogen-bond acceptors (Lipinski definition) is 4. The molecule has 156 valence electrons. The summed E-state index contributed by atoms with van der Waals surface area (Å²) in [6.45, 7) is 7.06. The summed E-state index contributed by atoms with van der Waals surface area (Å²) in [5.74, 6) is 0.614. The molecule has 2 aromatic carbocycles. The minimum Gasteiger partial charge on any atom is -0.487 e. The molecule has 0 aliphatic carbocycles. The highest BCUT2D eigenvalue weighted by molar-refractivity contribution is 6.36. The van der Waals surface area contributed by atoms with Crippen molar-refractivity contribution in [1.29, 1.82) is 0 Å². The van der Waals surface area contributed by atoms with Gasteiger partial charge < -0.3 is 15.4 Å². The minimum atomic E-state index is -0.0864. The lowest BCUT2D eigenvalue weighted by molar-refractivity contribution is -0.110. The molecule has 5 rings (SSSR count). The van der Waals surface area contributed by atoms with E-state index < -0.39 is 0 Å². The van der Waals surface area contributed by atoms with Gasteiger partial charge in [-0.25, -0.2) is 0 Å². The zero-order valence-electron chi connectivity index (χ0n) is 17.5. The topological polar surface area (TPSA) is 53.6 Å². The van der Waals surface area contributed by atoms with Crippen LogP contribution in [0, 0.1) is 0 Å². The maximum atomic E-state index is 12.6. The smallest absolute Gasteiger partial charge is 0.260 e. The number of para-hydroxylation sites is 1. The molecule has 1 amide bonds. The van der Waals surface area contributed by atoms with Crippen molar-refractivity contribution in [3.63, 3.8) is 0 Å². The predicted molar refractivity (Wildman–Crippen MR) is 120 cm³/mol. The Kier molecular flexibility index (Phi) is 5.32. The van der Waals surface area contributed by atoms with Crippen molar-refractivity contribution in [2.75, 3.05) is 25.0 Å². The lowest BCUT2D eigenvalue weighted by Gasteiger charge is -2.33. The monoisotopic (exact) mass is 403 g/mol. The summed E-state index contributed by atoms with van der Waals surface area (Å²) in [4.78, 5) is 15.2. The van der Waals surface area contributed by atoms with Crippen molar-refractivity contribution in [3.8, 4) is 0 Å². The van der Waals surface area contributed by atoms with Gasteiger partial charge in [-0.3, -0.25) is 9.69 Å². The Balaban J connectivity index is 1.26. The van der Waals surface area contributed by atoms with Gasteiger partial charge >= 0.3 is 0 Å². The predicted octanol–water partition coefficient (Wildman–Crippen LogP) is 4.00. The fourth-order valence-corrected chi connectivity index (χ4v) is 4.82. The third-order valence-corrected chi connectivity index (χ3v) is 6.53. The van der Waals surface area contributed by atoms with Crippen LogP contribution < -0.4 is 10.6 Å². The van der Waals surface area contributed by atoms with E-state index in [-0.39, 0.29) is 5.91 Å². The quantitative estimate of drug-likeness (QED) is 0.585. The summed E-state index contributed by atoms with van der Waals surface area (Å²) in [5, 5.41) is 6.53. The zero-order valence-corrected chi connectivity index (χ0v) is 17.5. The van der Waals surface area contributed by atoms with E-state index in [1.165, 1.54) is 31.4 Å². The fourth-order valence-electron chi connectivity index (χ4n) is 4.82. The number of piperidine rings is 1. The van der Waals surface area contributed by atoms with E-state index in [2.05, 4.69) is 40.7 Å². The minimum absolute atomic E-state index is 0.0864. The molecule has 2 N–H and O–H groups in total. The molecule has 3 aliphatic heterocycles.